The number of nitrogens with zero attached hydrogens (tertiary/aromatic N) is 3. The number of nitrogens with one attached hydrogen (secondary N) is 1. The van der Waals surface area contributed by atoms with Gasteiger partial charge in [0.1, 0.15) is 10.7 Å². The lowest BCUT2D eigenvalue weighted by atomic mass is 10.2. The van der Waals surface area contributed by atoms with Crippen LogP contribution < -0.4 is 4.74 Å². The molecule has 0 saturated carbocycles. The van der Waals surface area contributed by atoms with Gasteiger partial charge in [0.05, 0.1) is 17.6 Å². The summed E-state index contributed by atoms with van der Waals surface area (Å²) >= 11 is 14.2. The molecule has 0 bridgehead atoms. The van der Waals surface area contributed by atoms with E-state index in [0.29, 0.717) is 37.6 Å². The zero-order chi connectivity index (χ0) is 26.5. The molecule has 3 aromatic carbocycles. The number of aliphatic carboxylic acids is 1. The highest BCUT2D eigenvalue weighted by Crippen LogP contribution is 2.37. The summed E-state index contributed by atoms with van der Waals surface area (Å²) in [4.78, 5) is 28.6. The van der Waals surface area contributed by atoms with Gasteiger partial charge in [-0.25, -0.2) is 9.78 Å². The molecule has 0 atom stereocenters. The number of carboxylic acids is 1. The molecule has 0 saturated heterocycles. The van der Waals surface area contributed by atoms with E-state index in [2.05, 4.69) is 15.2 Å². The molecule has 0 aliphatic heterocycles. The summed E-state index contributed by atoms with van der Waals surface area (Å²) in [7, 11) is 1.50. The monoisotopic (exact) mass is 574 g/mol. The maximum absolute atomic E-state index is 12.1. The fraction of sp³-hybridized carbons (Fsp3) is 0.0417. The van der Waals surface area contributed by atoms with Crippen molar-refractivity contribution in [3.63, 3.8) is 0 Å². The summed E-state index contributed by atoms with van der Waals surface area (Å²) in [5, 5.41) is 29.3. The molecule has 0 aliphatic rings. The van der Waals surface area contributed by atoms with Crippen molar-refractivity contribution in [2.24, 2.45) is 0 Å². The Bertz CT molecular complexity index is 1510. The molecule has 0 spiro atoms. The van der Waals surface area contributed by atoms with Crippen LogP contribution in [0.5, 0.6) is 5.75 Å². The van der Waals surface area contributed by atoms with Crippen molar-refractivity contribution in [1.82, 2.24) is 15.2 Å². The van der Waals surface area contributed by atoms with Crippen LogP contribution >= 0.6 is 46.7 Å². The van der Waals surface area contributed by atoms with Gasteiger partial charge >= 0.3 is 5.97 Å². The summed E-state index contributed by atoms with van der Waals surface area (Å²) in [6.45, 7) is 0. The number of rotatable bonds is 9. The molecule has 0 amide bonds. The second kappa shape index (κ2) is 11.7. The summed E-state index contributed by atoms with van der Waals surface area (Å²) in [6.07, 6.45) is 1.36. The number of nitro benzene ring substituents is 1. The molecule has 0 aliphatic carbocycles. The van der Waals surface area contributed by atoms with Crippen molar-refractivity contribution >= 4 is 64.5 Å². The van der Waals surface area contributed by atoms with Gasteiger partial charge in [0.2, 0.25) is 5.16 Å². The number of carboxylic acid groups (broad SMARTS) is 1. The van der Waals surface area contributed by atoms with Gasteiger partial charge in [-0.2, -0.15) is 0 Å². The van der Waals surface area contributed by atoms with Crippen molar-refractivity contribution < 1.29 is 19.6 Å². The van der Waals surface area contributed by atoms with Crippen molar-refractivity contribution in [2.75, 3.05) is 7.11 Å². The van der Waals surface area contributed by atoms with Crippen LogP contribution in [0.15, 0.2) is 80.5 Å². The first kappa shape index (κ1) is 26.6. The van der Waals surface area contributed by atoms with Gasteiger partial charge in [-0.3, -0.25) is 15.2 Å². The van der Waals surface area contributed by atoms with Gasteiger partial charge in [0.15, 0.2) is 5.82 Å². The van der Waals surface area contributed by atoms with Crippen LogP contribution in [0.3, 0.4) is 0 Å². The van der Waals surface area contributed by atoms with Crippen molar-refractivity contribution in [3.8, 4) is 17.1 Å². The number of carbonyl (C=O) groups is 1. The van der Waals surface area contributed by atoms with E-state index in [-0.39, 0.29) is 15.7 Å². The number of aromatic amines is 1. The van der Waals surface area contributed by atoms with Gasteiger partial charge in [-0.05, 0) is 71.9 Å². The molecule has 0 fully saturated rings. The van der Waals surface area contributed by atoms with E-state index < -0.39 is 10.9 Å². The molecule has 0 unspecified atom stereocenters. The lowest BCUT2D eigenvalue weighted by Gasteiger charge is -2.08. The predicted molar refractivity (Wildman–Crippen MR) is 144 cm³/mol. The Labute approximate surface area is 229 Å². The van der Waals surface area contributed by atoms with Crippen LogP contribution in [-0.4, -0.2) is 38.3 Å². The Morgan fingerprint density at radius 1 is 1.11 bits per heavy atom. The Morgan fingerprint density at radius 2 is 1.84 bits per heavy atom. The van der Waals surface area contributed by atoms with Crippen LogP contribution in [0.2, 0.25) is 10.0 Å². The third-order valence-electron chi connectivity index (χ3n) is 4.83. The second-order valence-corrected chi connectivity index (χ2v) is 10.3. The SMILES string of the molecule is COc1ccc(Cl)cc1-c1nc(S/C(=C/c2cc([N+](=O)[O-])ccc2Sc2ccc(Cl)cc2)C(=O)O)n[nH]1. The standard InChI is InChI=1S/C24H16Cl2N4O5S2/c1-35-19-8-4-15(26)12-18(19)22-27-24(29-28-22)37-21(23(31)32)11-13-10-16(30(33)34)5-9-20(13)36-17-6-2-14(25)3-7-17/h2-12H,1H3,(H,31,32)(H,27,28,29)/b21-11+. The lowest BCUT2D eigenvalue weighted by Crippen LogP contribution is -1.98. The molecule has 2 N–H and O–H groups in total. The predicted octanol–water partition coefficient (Wildman–Crippen LogP) is 7.06. The number of halogens is 2. The van der Waals surface area contributed by atoms with Gasteiger partial charge in [-0.1, -0.05) is 35.0 Å². The number of thioether (sulfide) groups is 1. The van der Waals surface area contributed by atoms with Gasteiger partial charge in [-0.15, -0.1) is 5.10 Å². The minimum absolute atomic E-state index is 0.128. The number of aromatic nitrogens is 3. The molecule has 0 radical (unpaired) electrons. The number of nitro groups is 1. The van der Waals surface area contributed by atoms with Crippen molar-refractivity contribution in [1.29, 1.82) is 0 Å². The van der Waals surface area contributed by atoms with E-state index in [1.165, 1.54) is 37.1 Å². The summed E-state index contributed by atoms with van der Waals surface area (Å²) < 4.78 is 5.34. The highest BCUT2D eigenvalue weighted by Gasteiger charge is 2.18. The molecule has 9 nitrogen and oxygen atoms in total. The molecule has 1 heterocycles. The minimum atomic E-state index is -1.24. The molecular formula is C24H16Cl2N4O5S2. The zero-order valence-electron chi connectivity index (χ0n) is 18.8. The highest BCUT2D eigenvalue weighted by atomic mass is 35.5. The second-order valence-electron chi connectivity index (χ2n) is 7.26. The quantitative estimate of drug-likeness (QED) is 0.0931. The Hall–Kier alpha value is -3.51. The molecule has 37 heavy (non-hydrogen) atoms. The first-order valence-electron chi connectivity index (χ1n) is 10.3. The number of methoxy groups -OCH3 is 1. The average Bonchev–Trinajstić information content (AvgIpc) is 3.34. The molecule has 4 rings (SSSR count). The number of benzene rings is 3. The van der Waals surface area contributed by atoms with E-state index >= 15 is 0 Å². The number of hydrogen-bond acceptors (Lipinski definition) is 8. The van der Waals surface area contributed by atoms with Crippen LogP contribution in [0.4, 0.5) is 5.69 Å². The maximum atomic E-state index is 12.1. The zero-order valence-corrected chi connectivity index (χ0v) is 22.0. The summed E-state index contributed by atoms with van der Waals surface area (Å²) in [5.41, 5.74) is 0.733. The Morgan fingerprint density at radius 3 is 2.51 bits per heavy atom. The van der Waals surface area contributed by atoms with Crippen LogP contribution in [0, 0.1) is 10.1 Å². The molecule has 1 aromatic heterocycles. The number of non-ortho nitro benzene ring substituents is 1. The third-order valence-corrected chi connectivity index (χ3v) is 7.29. The lowest BCUT2D eigenvalue weighted by molar-refractivity contribution is -0.384. The Kier molecular flexibility index (Phi) is 8.39. The molecule has 4 aromatic rings. The Balaban J connectivity index is 1.69. The van der Waals surface area contributed by atoms with E-state index in [1.807, 2.05) is 0 Å². The summed E-state index contributed by atoms with van der Waals surface area (Å²) in [5.74, 6) is -0.405. The van der Waals surface area contributed by atoms with Gasteiger partial charge in [0.25, 0.3) is 5.69 Å². The number of hydrogen-bond donors (Lipinski definition) is 2. The van der Waals surface area contributed by atoms with Crippen LogP contribution in [-0.2, 0) is 4.79 Å². The molecular weight excluding hydrogens is 559 g/mol. The largest absolute Gasteiger partial charge is 0.496 e. The molecule has 188 valence electrons. The maximum Gasteiger partial charge on any atom is 0.342 e. The van der Waals surface area contributed by atoms with Crippen molar-refractivity contribution in [2.45, 2.75) is 14.9 Å². The van der Waals surface area contributed by atoms with Crippen LogP contribution in [0.25, 0.3) is 17.5 Å². The van der Waals surface area contributed by atoms with E-state index in [0.717, 1.165) is 16.7 Å². The summed E-state index contributed by atoms with van der Waals surface area (Å²) in [6, 6.07) is 16.3. The average molecular weight is 575 g/mol. The van der Waals surface area contributed by atoms with Gasteiger partial charge < -0.3 is 9.84 Å². The number of H-pyrrole nitrogens is 1. The first-order chi connectivity index (χ1) is 17.7. The number of ether oxygens (including phenoxy) is 1. The third kappa shape index (κ3) is 6.63. The first-order valence-corrected chi connectivity index (χ1v) is 12.7. The molecule has 13 heteroatoms. The van der Waals surface area contributed by atoms with E-state index in [1.54, 1.807) is 48.5 Å². The van der Waals surface area contributed by atoms with Gasteiger partial charge in [0, 0.05) is 32.0 Å². The minimum Gasteiger partial charge on any atom is -0.496 e. The van der Waals surface area contributed by atoms with E-state index in [4.69, 9.17) is 27.9 Å². The van der Waals surface area contributed by atoms with Crippen LogP contribution in [0.1, 0.15) is 5.56 Å². The topological polar surface area (TPSA) is 131 Å². The fourth-order valence-electron chi connectivity index (χ4n) is 3.14. The fourth-order valence-corrected chi connectivity index (χ4v) is 5.03. The normalized spacial score (nSPS) is 11.4. The highest BCUT2D eigenvalue weighted by molar-refractivity contribution is 8.04. The smallest absolute Gasteiger partial charge is 0.342 e. The van der Waals surface area contributed by atoms with E-state index in [9.17, 15) is 20.0 Å². The van der Waals surface area contributed by atoms with Crippen molar-refractivity contribution in [3.05, 3.63) is 91.3 Å².